The standard InChI is InChI=1S/C46H57N8O7P/c1-32(2)54(33(3)4)62(59-25-22-47-6)61-40-28-42(53-31-50-43-44(48-30-49-45(43)53)51-34(5)52-23-26-57-27-24-52)60-41(40)29-58-46(35-12-10-9-11-13-35,36-14-18-38(55-7)19-15-36)37-16-20-39(56-8)21-17-37/h9-21,30-33,40-42H,22-29H2,1-5,7-8H3/b51-34-/t40?,41-,42-,62?/m1/s1. The Kier molecular flexibility index (Phi) is 15.2. The Bertz CT molecular complexity index is 2210. The zero-order valence-corrected chi connectivity index (χ0v) is 37.5. The Morgan fingerprint density at radius 1 is 0.903 bits per heavy atom. The Hall–Kier alpha value is -5.04. The van der Waals surface area contributed by atoms with Gasteiger partial charge in [-0.15, -0.1) is 0 Å². The molecule has 0 radical (unpaired) electrons. The minimum atomic E-state index is -1.62. The zero-order valence-electron chi connectivity index (χ0n) is 36.6. The van der Waals surface area contributed by atoms with Gasteiger partial charge < -0.3 is 42.5 Å². The van der Waals surface area contributed by atoms with Crippen molar-refractivity contribution in [1.82, 2.24) is 29.1 Å². The van der Waals surface area contributed by atoms with Gasteiger partial charge in [-0.05, 0) is 75.6 Å². The molecular formula is C46H57N8O7P. The summed E-state index contributed by atoms with van der Waals surface area (Å²) in [5, 5.41) is 0. The van der Waals surface area contributed by atoms with E-state index in [0.29, 0.717) is 36.6 Å². The highest BCUT2D eigenvalue weighted by atomic mass is 31.2. The SMILES string of the molecule is [C-]#[N+]CCOP(OC1C[C@H](n2cnc3c(/N=C(/C)N4CCOCC4)ncnc32)O[C@@H]1COC(c1ccccc1)(c1ccc(OC)cc1)c1ccc(OC)cc1)N(C(C)C)C(C)C. The average Bonchev–Trinajstić information content (AvgIpc) is 3.92. The van der Waals surface area contributed by atoms with Gasteiger partial charge in [0.2, 0.25) is 6.54 Å². The number of aliphatic imine (C=N–C) groups is 1. The Labute approximate surface area is 365 Å². The number of benzene rings is 3. The van der Waals surface area contributed by atoms with Gasteiger partial charge in [0.1, 0.15) is 48.2 Å². The van der Waals surface area contributed by atoms with Gasteiger partial charge in [0.25, 0.3) is 8.53 Å². The van der Waals surface area contributed by atoms with Gasteiger partial charge in [0.15, 0.2) is 17.0 Å². The van der Waals surface area contributed by atoms with Crippen LogP contribution >= 0.6 is 8.53 Å². The number of methoxy groups -OCH3 is 2. The molecule has 0 spiro atoms. The van der Waals surface area contributed by atoms with Crippen molar-refractivity contribution in [1.29, 1.82) is 0 Å². The first-order chi connectivity index (χ1) is 30.2. The predicted octanol–water partition coefficient (Wildman–Crippen LogP) is 8.19. The van der Waals surface area contributed by atoms with Crippen LogP contribution in [0.4, 0.5) is 5.82 Å². The molecule has 7 rings (SSSR count). The van der Waals surface area contributed by atoms with Crippen molar-refractivity contribution >= 4 is 31.3 Å². The van der Waals surface area contributed by atoms with Crippen molar-refractivity contribution in [3.63, 3.8) is 0 Å². The first-order valence-electron chi connectivity index (χ1n) is 21.1. The highest BCUT2D eigenvalue weighted by molar-refractivity contribution is 7.44. The number of fused-ring (bicyclic) bond motifs is 1. The van der Waals surface area contributed by atoms with Crippen molar-refractivity contribution in [3.8, 4) is 11.5 Å². The minimum absolute atomic E-state index is 0.104. The van der Waals surface area contributed by atoms with Gasteiger partial charge in [-0.2, -0.15) is 0 Å². The molecule has 4 heterocycles. The summed E-state index contributed by atoms with van der Waals surface area (Å²) in [6.45, 7) is 21.3. The van der Waals surface area contributed by atoms with Gasteiger partial charge in [-0.3, -0.25) is 4.57 Å². The largest absolute Gasteiger partial charge is 0.497 e. The maximum atomic E-state index is 7.44. The van der Waals surface area contributed by atoms with E-state index in [1.54, 1.807) is 20.5 Å². The number of hydrogen-bond acceptors (Lipinski definition) is 12. The lowest BCUT2D eigenvalue weighted by atomic mass is 9.80. The molecule has 0 bridgehead atoms. The fraction of sp³-hybridized carbons (Fsp3) is 0.457. The molecule has 0 aliphatic carbocycles. The highest BCUT2D eigenvalue weighted by Crippen LogP contribution is 2.51. The monoisotopic (exact) mass is 864 g/mol. The van der Waals surface area contributed by atoms with E-state index in [9.17, 15) is 0 Å². The highest BCUT2D eigenvalue weighted by Gasteiger charge is 2.45. The van der Waals surface area contributed by atoms with Crippen LogP contribution in [0.1, 0.15) is 64.0 Å². The lowest BCUT2D eigenvalue weighted by Crippen LogP contribution is -2.39. The molecule has 5 aromatic rings. The fourth-order valence-electron chi connectivity index (χ4n) is 8.06. The second kappa shape index (κ2) is 20.9. The van der Waals surface area contributed by atoms with E-state index in [1.807, 2.05) is 78.2 Å². The molecule has 0 saturated carbocycles. The normalized spacial score (nSPS) is 19.1. The second-order valence-corrected chi connectivity index (χ2v) is 17.0. The van der Waals surface area contributed by atoms with E-state index in [0.717, 1.165) is 47.1 Å². The summed E-state index contributed by atoms with van der Waals surface area (Å²) in [6.07, 6.45) is 2.06. The Balaban J connectivity index is 1.29. The minimum Gasteiger partial charge on any atom is -0.497 e. The molecular weight excluding hydrogens is 808 g/mol. The topological polar surface area (TPSA) is 131 Å². The van der Waals surface area contributed by atoms with Gasteiger partial charge in [0.05, 0.1) is 46.5 Å². The van der Waals surface area contributed by atoms with Gasteiger partial charge in [0, 0.05) is 31.6 Å². The van der Waals surface area contributed by atoms with Crippen molar-refractivity contribution in [2.24, 2.45) is 4.99 Å². The number of rotatable bonds is 18. The van der Waals surface area contributed by atoms with E-state index in [1.165, 1.54) is 6.33 Å². The lowest BCUT2D eigenvalue weighted by molar-refractivity contribution is -0.0911. The van der Waals surface area contributed by atoms with Crippen LogP contribution in [0.2, 0.25) is 0 Å². The number of ether oxygens (including phenoxy) is 5. The molecule has 2 aromatic heterocycles. The van der Waals surface area contributed by atoms with Crippen LogP contribution in [0, 0.1) is 6.57 Å². The zero-order chi connectivity index (χ0) is 43.6. The third-order valence-corrected chi connectivity index (χ3v) is 13.2. The number of imidazole rings is 1. The molecule has 2 fully saturated rings. The molecule has 4 atom stereocenters. The summed E-state index contributed by atoms with van der Waals surface area (Å²) >= 11 is 0. The molecule has 62 heavy (non-hydrogen) atoms. The number of morpholine rings is 1. The summed E-state index contributed by atoms with van der Waals surface area (Å²) < 4.78 is 48.9. The Morgan fingerprint density at radius 2 is 1.53 bits per heavy atom. The summed E-state index contributed by atoms with van der Waals surface area (Å²) in [5.41, 5.74) is 2.79. The van der Waals surface area contributed by atoms with Crippen LogP contribution in [0.3, 0.4) is 0 Å². The molecule has 3 aromatic carbocycles. The van der Waals surface area contributed by atoms with Crippen LogP contribution in [0.25, 0.3) is 16.0 Å². The van der Waals surface area contributed by atoms with E-state index in [2.05, 4.69) is 59.2 Å². The van der Waals surface area contributed by atoms with Crippen LogP contribution in [0.15, 0.2) is 96.5 Å². The van der Waals surface area contributed by atoms with Crippen molar-refractivity contribution in [3.05, 3.63) is 120 Å². The van der Waals surface area contributed by atoms with Crippen molar-refractivity contribution in [2.75, 3.05) is 60.3 Å². The van der Waals surface area contributed by atoms with E-state index in [4.69, 9.17) is 54.3 Å². The van der Waals surface area contributed by atoms with E-state index < -0.39 is 32.6 Å². The maximum absolute atomic E-state index is 7.44. The lowest BCUT2D eigenvalue weighted by Gasteiger charge is -2.39. The summed E-state index contributed by atoms with van der Waals surface area (Å²) in [6, 6.07) is 26.3. The molecule has 0 amide bonds. The third-order valence-electron chi connectivity index (χ3n) is 11.1. The number of nitrogens with zero attached hydrogens (tertiary/aromatic N) is 8. The summed E-state index contributed by atoms with van der Waals surface area (Å²) in [7, 11) is 1.69. The number of amidine groups is 1. The molecule has 2 saturated heterocycles. The van der Waals surface area contributed by atoms with Gasteiger partial charge >= 0.3 is 0 Å². The number of hydrogen-bond donors (Lipinski definition) is 0. The molecule has 328 valence electrons. The van der Waals surface area contributed by atoms with Gasteiger partial charge in [-0.1, -0.05) is 54.6 Å². The summed E-state index contributed by atoms with van der Waals surface area (Å²) in [4.78, 5) is 24.6. The van der Waals surface area contributed by atoms with Gasteiger partial charge in [-0.25, -0.2) is 31.2 Å². The first-order valence-corrected chi connectivity index (χ1v) is 22.2. The maximum Gasteiger partial charge on any atom is 0.259 e. The van der Waals surface area contributed by atoms with Crippen LogP contribution in [0.5, 0.6) is 11.5 Å². The molecule has 0 N–H and O–H groups in total. The molecule has 2 aliphatic rings. The molecule has 2 unspecified atom stereocenters. The molecule has 16 heteroatoms. The Morgan fingerprint density at radius 3 is 2.13 bits per heavy atom. The van der Waals surface area contributed by atoms with E-state index >= 15 is 0 Å². The summed E-state index contributed by atoms with van der Waals surface area (Å²) in [5.74, 6) is 2.78. The van der Waals surface area contributed by atoms with Crippen molar-refractivity contribution < 1.29 is 32.7 Å². The molecule has 15 nitrogen and oxygen atoms in total. The average molecular weight is 865 g/mol. The van der Waals surface area contributed by atoms with E-state index in [-0.39, 0.29) is 31.8 Å². The predicted molar refractivity (Wildman–Crippen MR) is 239 cm³/mol. The van der Waals surface area contributed by atoms with Crippen LogP contribution < -0.4 is 9.47 Å². The molecule has 2 aliphatic heterocycles. The second-order valence-electron chi connectivity index (χ2n) is 15.6. The quantitative estimate of drug-likeness (QED) is 0.0210. The number of aromatic nitrogens is 4. The third kappa shape index (κ3) is 9.93. The first kappa shape index (κ1) is 45.0. The smallest absolute Gasteiger partial charge is 0.259 e. The van der Waals surface area contributed by atoms with Crippen LogP contribution in [-0.4, -0.2) is 119 Å². The van der Waals surface area contributed by atoms with Crippen molar-refractivity contribution in [2.45, 2.75) is 77.2 Å². The van der Waals surface area contributed by atoms with Crippen LogP contribution in [-0.2, 0) is 28.9 Å². The fourth-order valence-corrected chi connectivity index (χ4v) is 9.81.